The minimum absolute atomic E-state index is 0.0222. The van der Waals surface area contributed by atoms with Crippen molar-refractivity contribution >= 4 is 0 Å². The second-order valence-electron chi connectivity index (χ2n) is 4.76. The third-order valence-electron chi connectivity index (χ3n) is 3.32. The Hall–Kier alpha value is -1.09. The molecular weight excluding hydrogens is 217 g/mol. The molecule has 3 heteroatoms. The van der Waals surface area contributed by atoms with Crippen LogP contribution in [0.15, 0.2) is 18.2 Å². The molecule has 17 heavy (non-hydrogen) atoms. The van der Waals surface area contributed by atoms with Crippen molar-refractivity contribution in [2.75, 3.05) is 0 Å². The molecule has 0 aliphatic carbocycles. The van der Waals surface area contributed by atoms with Gasteiger partial charge in [0.2, 0.25) is 0 Å². The summed E-state index contributed by atoms with van der Waals surface area (Å²) in [6, 6.07) is 4.60. The van der Waals surface area contributed by atoms with Gasteiger partial charge in [0.15, 0.2) is 0 Å². The fourth-order valence-corrected chi connectivity index (χ4v) is 2.35. The summed E-state index contributed by atoms with van der Waals surface area (Å²) in [4.78, 5) is 0. The van der Waals surface area contributed by atoms with E-state index >= 15 is 0 Å². The molecule has 0 saturated heterocycles. The van der Waals surface area contributed by atoms with Gasteiger partial charge in [-0.2, -0.15) is 0 Å². The molecule has 0 fully saturated rings. The van der Waals surface area contributed by atoms with Gasteiger partial charge in [-0.05, 0) is 18.9 Å². The Bertz CT molecular complexity index is 380. The first-order chi connectivity index (χ1) is 8.20. The van der Waals surface area contributed by atoms with Crippen LogP contribution in [0.3, 0.4) is 0 Å². The van der Waals surface area contributed by atoms with Crippen LogP contribution in [-0.2, 0) is 0 Å². The summed E-state index contributed by atoms with van der Waals surface area (Å²) in [5.74, 6) is 0.371. The number of hydrogen-bond acceptors (Lipinski definition) is 2. The van der Waals surface area contributed by atoms with Crippen molar-refractivity contribution in [2.45, 2.75) is 51.2 Å². The summed E-state index contributed by atoms with van der Waals surface area (Å²) in [5, 5.41) is 0. The molecule has 1 aliphatic rings. The molecule has 2 rings (SSSR count). The van der Waals surface area contributed by atoms with Crippen molar-refractivity contribution < 1.29 is 9.13 Å². The first kappa shape index (κ1) is 12.4. The molecule has 2 nitrogen and oxygen atoms in total. The Morgan fingerprint density at radius 3 is 3.00 bits per heavy atom. The summed E-state index contributed by atoms with van der Waals surface area (Å²) in [6.07, 6.45) is 5.55. The van der Waals surface area contributed by atoms with Crippen LogP contribution in [0.4, 0.5) is 4.39 Å². The maximum Gasteiger partial charge on any atom is 0.127 e. The van der Waals surface area contributed by atoms with E-state index < -0.39 is 0 Å². The zero-order valence-corrected chi connectivity index (χ0v) is 10.3. The number of ether oxygens (including phenoxy) is 1. The standard InChI is InChI=1S/C14H20FNO/c1-2-3-4-5-11-9-13(16)12-7-6-10(15)8-14(12)17-11/h6-8,11,13H,2-5,9,16H2,1H3/t11?,13-/m1/s1. The molecule has 0 amide bonds. The lowest BCUT2D eigenvalue weighted by atomic mass is 9.94. The zero-order chi connectivity index (χ0) is 12.3. The molecular formula is C14H20FNO. The number of unbranched alkanes of at least 4 members (excludes halogenated alkanes) is 2. The molecule has 0 radical (unpaired) electrons. The molecule has 0 spiro atoms. The molecule has 2 N–H and O–H groups in total. The highest BCUT2D eigenvalue weighted by Gasteiger charge is 2.25. The van der Waals surface area contributed by atoms with Gasteiger partial charge in [0.05, 0.1) is 0 Å². The van der Waals surface area contributed by atoms with Gasteiger partial charge >= 0.3 is 0 Å². The van der Waals surface area contributed by atoms with Gasteiger partial charge in [0.25, 0.3) is 0 Å². The maximum absolute atomic E-state index is 13.1. The summed E-state index contributed by atoms with van der Waals surface area (Å²) >= 11 is 0. The average Bonchev–Trinajstić information content (AvgIpc) is 2.28. The second-order valence-corrected chi connectivity index (χ2v) is 4.76. The minimum atomic E-state index is -0.259. The number of fused-ring (bicyclic) bond motifs is 1. The van der Waals surface area contributed by atoms with Gasteiger partial charge in [0, 0.05) is 24.1 Å². The summed E-state index contributed by atoms with van der Waals surface area (Å²) in [5.41, 5.74) is 7.02. The monoisotopic (exact) mass is 237 g/mol. The highest BCUT2D eigenvalue weighted by Crippen LogP contribution is 2.35. The van der Waals surface area contributed by atoms with E-state index in [9.17, 15) is 4.39 Å². The quantitative estimate of drug-likeness (QED) is 0.813. The van der Waals surface area contributed by atoms with E-state index in [1.807, 2.05) is 0 Å². The maximum atomic E-state index is 13.1. The first-order valence-corrected chi connectivity index (χ1v) is 6.42. The number of benzene rings is 1. The van der Waals surface area contributed by atoms with Crippen LogP contribution < -0.4 is 10.5 Å². The van der Waals surface area contributed by atoms with Crippen LogP contribution in [0.25, 0.3) is 0 Å². The van der Waals surface area contributed by atoms with Gasteiger partial charge < -0.3 is 10.5 Å². The van der Waals surface area contributed by atoms with E-state index in [2.05, 4.69) is 6.92 Å². The lowest BCUT2D eigenvalue weighted by molar-refractivity contribution is 0.146. The molecule has 0 bridgehead atoms. The smallest absolute Gasteiger partial charge is 0.127 e. The van der Waals surface area contributed by atoms with Crippen molar-refractivity contribution in [3.05, 3.63) is 29.6 Å². The van der Waals surface area contributed by atoms with Crippen molar-refractivity contribution in [3.63, 3.8) is 0 Å². The van der Waals surface area contributed by atoms with Crippen LogP contribution in [0.1, 0.15) is 50.6 Å². The average molecular weight is 237 g/mol. The Balaban J connectivity index is 2.04. The van der Waals surface area contributed by atoms with Crippen molar-refractivity contribution in [1.29, 1.82) is 0 Å². The molecule has 0 aromatic heterocycles. The lowest BCUT2D eigenvalue weighted by Gasteiger charge is -2.30. The topological polar surface area (TPSA) is 35.2 Å². The fourth-order valence-electron chi connectivity index (χ4n) is 2.35. The lowest BCUT2D eigenvalue weighted by Crippen LogP contribution is -2.29. The Morgan fingerprint density at radius 2 is 2.24 bits per heavy atom. The van der Waals surface area contributed by atoms with Crippen LogP contribution in [0.2, 0.25) is 0 Å². The van der Waals surface area contributed by atoms with Crippen LogP contribution in [0, 0.1) is 5.82 Å². The molecule has 1 aromatic carbocycles. The number of hydrogen-bond donors (Lipinski definition) is 1. The van der Waals surface area contributed by atoms with Crippen LogP contribution in [-0.4, -0.2) is 6.10 Å². The second kappa shape index (κ2) is 5.50. The zero-order valence-electron chi connectivity index (χ0n) is 10.3. The number of nitrogens with two attached hydrogens (primary N) is 1. The highest BCUT2D eigenvalue weighted by molar-refractivity contribution is 5.38. The Labute approximate surface area is 102 Å². The molecule has 94 valence electrons. The third-order valence-corrected chi connectivity index (χ3v) is 3.32. The molecule has 1 aliphatic heterocycles. The summed E-state index contributed by atoms with van der Waals surface area (Å²) in [7, 11) is 0. The van der Waals surface area contributed by atoms with E-state index in [1.165, 1.54) is 25.0 Å². The molecule has 0 saturated carbocycles. The number of rotatable bonds is 4. The van der Waals surface area contributed by atoms with E-state index in [1.54, 1.807) is 6.07 Å². The van der Waals surface area contributed by atoms with E-state index in [0.29, 0.717) is 5.75 Å². The van der Waals surface area contributed by atoms with Crippen LogP contribution >= 0.6 is 0 Å². The van der Waals surface area contributed by atoms with Gasteiger partial charge in [0.1, 0.15) is 17.7 Å². The summed E-state index contributed by atoms with van der Waals surface area (Å²) < 4.78 is 18.9. The molecule has 1 aromatic rings. The van der Waals surface area contributed by atoms with Gasteiger partial charge in [-0.25, -0.2) is 4.39 Å². The van der Waals surface area contributed by atoms with Gasteiger partial charge in [-0.1, -0.05) is 25.8 Å². The van der Waals surface area contributed by atoms with Crippen molar-refractivity contribution in [1.82, 2.24) is 0 Å². The van der Waals surface area contributed by atoms with Gasteiger partial charge in [-0.15, -0.1) is 0 Å². The van der Waals surface area contributed by atoms with E-state index in [0.717, 1.165) is 24.8 Å². The third kappa shape index (κ3) is 2.97. The van der Waals surface area contributed by atoms with Crippen molar-refractivity contribution in [3.8, 4) is 5.75 Å². The Kier molecular flexibility index (Phi) is 4.00. The van der Waals surface area contributed by atoms with Gasteiger partial charge in [-0.3, -0.25) is 0 Å². The molecule has 2 atom stereocenters. The first-order valence-electron chi connectivity index (χ1n) is 6.42. The predicted molar refractivity (Wildman–Crippen MR) is 66.5 cm³/mol. The highest BCUT2D eigenvalue weighted by atomic mass is 19.1. The number of halogens is 1. The largest absolute Gasteiger partial charge is 0.490 e. The Morgan fingerprint density at radius 1 is 1.41 bits per heavy atom. The molecule has 1 heterocycles. The normalized spacial score (nSPS) is 23.0. The van der Waals surface area contributed by atoms with Crippen molar-refractivity contribution in [2.24, 2.45) is 5.73 Å². The molecule has 1 unspecified atom stereocenters. The SMILES string of the molecule is CCCCCC1C[C@@H](N)c2ccc(F)cc2O1. The fraction of sp³-hybridized carbons (Fsp3) is 0.571. The summed E-state index contributed by atoms with van der Waals surface area (Å²) in [6.45, 7) is 2.18. The minimum Gasteiger partial charge on any atom is -0.490 e. The predicted octanol–water partition coefficient (Wildman–Crippen LogP) is 3.56. The van der Waals surface area contributed by atoms with Crippen LogP contribution in [0.5, 0.6) is 5.75 Å². The van der Waals surface area contributed by atoms with E-state index in [-0.39, 0.29) is 18.0 Å². The van der Waals surface area contributed by atoms with E-state index in [4.69, 9.17) is 10.5 Å².